The highest BCUT2D eigenvalue weighted by Crippen LogP contribution is 2.64. The maximum Gasteiger partial charge on any atom is 0.294 e. The Hall–Kier alpha value is -4.45. The summed E-state index contributed by atoms with van der Waals surface area (Å²) in [4.78, 5) is 53.9. The summed E-state index contributed by atoms with van der Waals surface area (Å²) in [6.45, 7) is 2.44. The first-order valence-corrected chi connectivity index (χ1v) is 14.2. The number of rotatable bonds is 6. The molecule has 2 heterocycles. The van der Waals surface area contributed by atoms with Crippen LogP contribution in [0.2, 0.25) is 5.02 Å². The van der Waals surface area contributed by atoms with Crippen LogP contribution in [0.25, 0.3) is 0 Å². The monoisotopic (exact) mass is 600 g/mol. The third kappa shape index (κ3) is 3.95. The molecule has 11 nitrogen and oxygen atoms in total. The van der Waals surface area contributed by atoms with E-state index in [-0.39, 0.29) is 17.1 Å². The van der Waals surface area contributed by atoms with Crippen molar-refractivity contribution in [2.24, 2.45) is 16.9 Å². The van der Waals surface area contributed by atoms with Crippen LogP contribution < -0.4 is 10.3 Å². The minimum atomic E-state index is -1.26. The van der Waals surface area contributed by atoms with E-state index in [9.17, 15) is 24.5 Å². The Morgan fingerprint density at radius 2 is 1.70 bits per heavy atom. The molecule has 12 heteroatoms. The highest BCUT2D eigenvalue weighted by molar-refractivity contribution is 6.31. The Kier molecular flexibility index (Phi) is 6.24. The average molecular weight is 601 g/mol. The second kappa shape index (κ2) is 9.80. The summed E-state index contributed by atoms with van der Waals surface area (Å²) >= 11 is 6.05. The predicted octanol–water partition coefficient (Wildman–Crippen LogP) is 4.05. The zero-order chi connectivity index (χ0) is 30.1. The van der Waals surface area contributed by atoms with Crippen LogP contribution in [-0.4, -0.2) is 47.9 Å². The smallest absolute Gasteiger partial charge is 0.294 e. The molecule has 0 unspecified atom stereocenters. The van der Waals surface area contributed by atoms with Crippen molar-refractivity contribution in [1.29, 1.82) is 0 Å². The van der Waals surface area contributed by atoms with Gasteiger partial charge in [-0.25, -0.2) is 10.3 Å². The number of ether oxygens (including phenoxy) is 2. The number of imide groups is 1. The van der Waals surface area contributed by atoms with Gasteiger partial charge in [0.1, 0.15) is 5.69 Å². The fourth-order valence-corrected chi connectivity index (χ4v) is 7.48. The third-order valence-corrected chi connectivity index (χ3v) is 9.13. The number of hydrazone groups is 1. The Morgan fingerprint density at radius 1 is 1.07 bits per heavy atom. The number of nitro benzene ring substituents is 1. The van der Waals surface area contributed by atoms with Crippen molar-refractivity contribution in [3.8, 4) is 0 Å². The van der Waals surface area contributed by atoms with Gasteiger partial charge in [0.25, 0.3) is 5.69 Å². The van der Waals surface area contributed by atoms with Gasteiger partial charge in [-0.05, 0) is 41.3 Å². The standard InChI is InChI=1S/C31H25ClN4O7/c1-30(42-12-13-43-30)15-24(37)34-33-16-31-20-8-4-2-6-18(20)25(19-7-3-5-9-21(19)31)26-27(31)29(39)35(28(26)38)22-11-10-17(32)14-23(22)36(40)41/h2-11,14,16,25-27H,12-13,15H2,1H3,(H,34,37)/b33-16-/t25?,26-,27-,31?/m1/s1. The topological polar surface area (TPSA) is 140 Å². The molecule has 0 spiro atoms. The number of carbonyl (C=O) groups excluding carboxylic acids is 3. The van der Waals surface area contributed by atoms with Crippen molar-refractivity contribution in [2.75, 3.05) is 18.1 Å². The molecule has 1 N–H and O–H groups in total. The highest BCUT2D eigenvalue weighted by atomic mass is 35.5. The van der Waals surface area contributed by atoms with E-state index < -0.39 is 57.3 Å². The summed E-state index contributed by atoms with van der Waals surface area (Å²) in [6, 6.07) is 19.0. The predicted molar refractivity (Wildman–Crippen MR) is 155 cm³/mol. The summed E-state index contributed by atoms with van der Waals surface area (Å²) in [5, 5.41) is 16.5. The molecule has 3 aromatic carbocycles. The lowest BCUT2D eigenvalue weighted by Gasteiger charge is -2.52. The van der Waals surface area contributed by atoms with Gasteiger partial charge in [-0.2, -0.15) is 5.10 Å². The summed E-state index contributed by atoms with van der Waals surface area (Å²) in [7, 11) is 0. The molecule has 8 rings (SSSR count). The quantitative estimate of drug-likeness (QED) is 0.195. The number of halogens is 1. The van der Waals surface area contributed by atoms with Crippen molar-refractivity contribution in [3.05, 3.63) is 104 Å². The fourth-order valence-electron chi connectivity index (χ4n) is 7.32. The van der Waals surface area contributed by atoms with Gasteiger partial charge in [-0.15, -0.1) is 0 Å². The lowest BCUT2D eigenvalue weighted by atomic mass is 9.47. The Bertz CT molecular complexity index is 1700. The van der Waals surface area contributed by atoms with Crippen molar-refractivity contribution >= 4 is 46.9 Å². The summed E-state index contributed by atoms with van der Waals surface area (Å²) < 4.78 is 11.1. The molecular formula is C31H25ClN4O7. The van der Waals surface area contributed by atoms with Crippen LogP contribution >= 0.6 is 11.6 Å². The van der Waals surface area contributed by atoms with E-state index in [1.807, 2.05) is 48.5 Å². The number of hydrogen-bond donors (Lipinski definition) is 1. The average Bonchev–Trinajstić information content (AvgIpc) is 3.53. The molecule has 43 heavy (non-hydrogen) atoms. The summed E-state index contributed by atoms with van der Waals surface area (Å²) in [5.74, 6) is -4.96. The van der Waals surface area contributed by atoms with E-state index in [1.54, 1.807) is 6.92 Å². The molecule has 0 aromatic heterocycles. The van der Waals surface area contributed by atoms with Gasteiger partial charge >= 0.3 is 0 Å². The number of anilines is 1. The maximum absolute atomic E-state index is 14.5. The molecule has 0 saturated carbocycles. The molecule has 2 aliphatic heterocycles. The third-order valence-electron chi connectivity index (χ3n) is 8.90. The summed E-state index contributed by atoms with van der Waals surface area (Å²) in [5.41, 5.74) is 3.98. The molecule has 2 fully saturated rings. The van der Waals surface area contributed by atoms with Crippen molar-refractivity contribution in [3.63, 3.8) is 0 Å². The van der Waals surface area contributed by atoms with Crippen molar-refractivity contribution < 1.29 is 28.8 Å². The lowest BCUT2D eigenvalue weighted by Crippen LogP contribution is -2.54. The van der Waals surface area contributed by atoms with Crippen LogP contribution in [0.4, 0.5) is 11.4 Å². The van der Waals surface area contributed by atoms with Crippen molar-refractivity contribution in [2.45, 2.75) is 30.5 Å². The van der Waals surface area contributed by atoms with Crippen LogP contribution in [0.3, 0.4) is 0 Å². The maximum atomic E-state index is 14.5. The summed E-state index contributed by atoms with van der Waals surface area (Å²) in [6.07, 6.45) is 1.43. The zero-order valence-electron chi connectivity index (χ0n) is 22.9. The van der Waals surface area contributed by atoms with Gasteiger partial charge in [0.05, 0.1) is 41.8 Å². The number of carbonyl (C=O) groups is 3. The van der Waals surface area contributed by atoms with Crippen LogP contribution in [0.1, 0.15) is 41.5 Å². The Morgan fingerprint density at radius 3 is 2.33 bits per heavy atom. The van der Waals surface area contributed by atoms with Gasteiger partial charge in [-0.1, -0.05) is 60.1 Å². The van der Waals surface area contributed by atoms with E-state index in [4.69, 9.17) is 21.1 Å². The number of nitro groups is 1. The van der Waals surface area contributed by atoms with Gasteiger partial charge < -0.3 is 9.47 Å². The normalized spacial score (nSPS) is 26.4. The first-order valence-electron chi connectivity index (χ1n) is 13.8. The Labute approximate surface area is 250 Å². The second-order valence-corrected chi connectivity index (χ2v) is 11.7. The first-order chi connectivity index (χ1) is 20.7. The van der Waals surface area contributed by atoms with Gasteiger partial charge in [-0.3, -0.25) is 24.5 Å². The van der Waals surface area contributed by atoms with E-state index in [1.165, 1.54) is 18.3 Å². The number of nitrogens with zero attached hydrogens (tertiary/aromatic N) is 3. The van der Waals surface area contributed by atoms with Crippen LogP contribution in [-0.2, 0) is 29.3 Å². The van der Waals surface area contributed by atoms with Crippen LogP contribution in [0, 0.1) is 22.0 Å². The van der Waals surface area contributed by atoms with Crippen LogP contribution in [0.15, 0.2) is 71.8 Å². The molecule has 3 aromatic rings. The molecule has 2 bridgehead atoms. The molecule has 3 aliphatic carbocycles. The van der Waals surface area contributed by atoms with E-state index >= 15 is 0 Å². The molecule has 0 radical (unpaired) electrons. The fraction of sp³-hybridized carbons (Fsp3) is 0.290. The minimum absolute atomic E-state index is 0.0932. The highest BCUT2D eigenvalue weighted by Gasteiger charge is 2.68. The van der Waals surface area contributed by atoms with Crippen molar-refractivity contribution in [1.82, 2.24) is 5.43 Å². The molecule has 2 atom stereocenters. The largest absolute Gasteiger partial charge is 0.347 e. The van der Waals surface area contributed by atoms with E-state index in [2.05, 4.69) is 10.5 Å². The van der Waals surface area contributed by atoms with E-state index in [0.717, 1.165) is 33.2 Å². The number of amides is 3. The molecular weight excluding hydrogens is 576 g/mol. The second-order valence-electron chi connectivity index (χ2n) is 11.2. The zero-order valence-corrected chi connectivity index (χ0v) is 23.6. The van der Waals surface area contributed by atoms with Gasteiger partial charge in [0, 0.05) is 23.2 Å². The molecule has 5 aliphatic rings. The Balaban J connectivity index is 1.37. The molecule has 3 amide bonds. The first kappa shape index (κ1) is 27.4. The minimum Gasteiger partial charge on any atom is -0.347 e. The van der Waals surface area contributed by atoms with Gasteiger partial charge in [0.15, 0.2) is 5.79 Å². The SMILES string of the molecule is CC1(CC(=O)N/N=C\C23c4ccccc4C(c4ccccc42)[C@H]2C(=O)N(c4ccc(Cl)cc4[N+](=O)[O-])C(=O)[C@@H]23)OCCO1. The van der Waals surface area contributed by atoms with Crippen LogP contribution in [0.5, 0.6) is 0 Å². The lowest BCUT2D eigenvalue weighted by molar-refractivity contribution is -0.384. The number of hydrogen-bond acceptors (Lipinski definition) is 8. The van der Waals surface area contributed by atoms with Gasteiger partial charge in [0.2, 0.25) is 17.7 Å². The van der Waals surface area contributed by atoms with E-state index in [0.29, 0.717) is 13.2 Å². The number of benzene rings is 3. The molecule has 2 saturated heterocycles. The number of nitrogens with one attached hydrogen (secondary N) is 1. The molecule has 218 valence electrons.